The molecule has 0 aliphatic heterocycles. The monoisotopic (exact) mass is 306 g/mol. The highest BCUT2D eigenvalue weighted by atomic mass is 15.2. The molecule has 1 atom stereocenters. The fraction of sp³-hybridized carbons (Fsp3) is 0.263. The summed E-state index contributed by atoms with van der Waals surface area (Å²) in [5.74, 6) is 0.865. The van der Waals surface area contributed by atoms with Crippen molar-refractivity contribution in [3.63, 3.8) is 0 Å². The van der Waals surface area contributed by atoms with Gasteiger partial charge in [-0.15, -0.1) is 0 Å². The molecule has 0 amide bonds. The molecule has 3 aromatic rings. The minimum atomic E-state index is 0.0543. The van der Waals surface area contributed by atoms with E-state index in [2.05, 4.69) is 83.4 Å². The van der Waals surface area contributed by atoms with Gasteiger partial charge in [-0.25, -0.2) is 4.98 Å². The Balaban J connectivity index is 1.92. The quantitative estimate of drug-likeness (QED) is 0.782. The lowest BCUT2D eigenvalue weighted by atomic mass is 10.0. The summed E-state index contributed by atoms with van der Waals surface area (Å²) in [6.45, 7) is 5.20. The van der Waals surface area contributed by atoms with E-state index in [0.717, 1.165) is 12.4 Å². The zero-order chi connectivity index (χ0) is 16.2. The molecule has 0 aliphatic carbocycles. The normalized spacial score (nSPS) is 12.5. The molecule has 4 heteroatoms. The molecule has 0 aliphatic rings. The van der Waals surface area contributed by atoms with Crippen molar-refractivity contribution < 1.29 is 0 Å². The number of nitrogens with zero attached hydrogens (tertiary/aromatic N) is 3. The van der Waals surface area contributed by atoms with Gasteiger partial charge in [0.1, 0.15) is 12.2 Å². The predicted molar refractivity (Wildman–Crippen MR) is 92.1 cm³/mol. The van der Waals surface area contributed by atoms with Crippen LogP contribution in [-0.2, 0) is 6.54 Å². The van der Waals surface area contributed by atoms with E-state index < -0.39 is 0 Å². The zero-order valence-corrected chi connectivity index (χ0v) is 13.8. The second kappa shape index (κ2) is 6.75. The first-order valence-corrected chi connectivity index (χ1v) is 7.82. The highest BCUT2D eigenvalue weighted by Crippen LogP contribution is 2.27. The van der Waals surface area contributed by atoms with Crippen LogP contribution in [-0.4, -0.2) is 27.1 Å². The lowest BCUT2D eigenvalue weighted by molar-refractivity contribution is 0.261. The second-order valence-electron chi connectivity index (χ2n) is 5.96. The van der Waals surface area contributed by atoms with Crippen molar-refractivity contribution in [2.24, 2.45) is 0 Å². The minimum absolute atomic E-state index is 0.0543. The Bertz CT molecular complexity index is 750. The second-order valence-corrected chi connectivity index (χ2v) is 5.96. The van der Waals surface area contributed by atoms with E-state index in [9.17, 15) is 0 Å². The van der Waals surface area contributed by atoms with Gasteiger partial charge in [-0.05, 0) is 43.1 Å². The third-order valence-corrected chi connectivity index (χ3v) is 4.39. The molecule has 0 bridgehead atoms. The number of aromatic nitrogens is 3. The van der Waals surface area contributed by atoms with Gasteiger partial charge in [0.05, 0.1) is 6.04 Å². The molecule has 0 saturated carbocycles. The van der Waals surface area contributed by atoms with Crippen molar-refractivity contribution in [1.29, 1.82) is 0 Å². The molecule has 1 heterocycles. The Kier molecular flexibility index (Phi) is 4.53. The molecule has 3 rings (SSSR count). The maximum Gasteiger partial charge on any atom is 0.146 e. The van der Waals surface area contributed by atoms with E-state index >= 15 is 0 Å². The molecule has 1 aromatic heterocycles. The summed E-state index contributed by atoms with van der Waals surface area (Å²) in [6, 6.07) is 16.9. The zero-order valence-electron chi connectivity index (χ0n) is 13.8. The largest absolute Gasteiger partial charge is 0.289 e. The first-order chi connectivity index (χ1) is 11.2. The number of aromatic amines is 1. The molecule has 0 spiro atoms. The lowest BCUT2D eigenvalue weighted by Gasteiger charge is -2.27. The maximum absolute atomic E-state index is 4.39. The number of H-pyrrole nitrogens is 1. The van der Waals surface area contributed by atoms with Crippen LogP contribution in [0.3, 0.4) is 0 Å². The molecule has 0 fully saturated rings. The first-order valence-electron chi connectivity index (χ1n) is 7.82. The fourth-order valence-corrected chi connectivity index (χ4v) is 2.95. The van der Waals surface area contributed by atoms with Gasteiger partial charge in [-0.2, -0.15) is 5.10 Å². The summed E-state index contributed by atoms with van der Waals surface area (Å²) in [6.07, 6.45) is 1.57. The third-order valence-electron chi connectivity index (χ3n) is 4.39. The first kappa shape index (κ1) is 15.4. The number of rotatable bonds is 5. The maximum atomic E-state index is 4.39. The van der Waals surface area contributed by atoms with Gasteiger partial charge in [-0.3, -0.25) is 10.00 Å². The molecular weight excluding hydrogens is 284 g/mol. The average Bonchev–Trinajstić information content (AvgIpc) is 3.07. The number of nitrogens with one attached hydrogen (secondary N) is 1. The molecule has 1 unspecified atom stereocenters. The Morgan fingerprint density at radius 3 is 2.52 bits per heavy atom. The van der Waals surface area contributed by atoms with Crippen molar-refractivity contribution in [2.75, 3.05) is 7.05 Å². The lowest BCUT2D eigenvalue weighted by Crippen LogP contribution is -2.26. The van der Waals surface area contributed by atoms with Gasteiger partial charge in [0.2, 0.25) is 0 Å². The van der Waals surface area contributed by atoms with Crippen LogP contribution in [0.15, 0.2) is 54.9 Å². The van der Waals surface area contributed by atoms with Crippen molar-refractivity contribution in [3.8, 4) is 0 Å². The van der Waals surface area contributed by atoms with Gasteiger partial charge in [0.15, 0.2) is 0 Å². The van der Waals surface area contributed by atoms with Crippen LogP contribution < -0.4 is 0 Å². The predicted octanol–water partition coefficient (Wildman–Crippen LogP) is 3.64. The van der Waals surface area contributed by atoms with Crippen LogP contribution in [0.5, 0.6) is 0 Å². The van der Waals surface area contributed by atoms with Crippen LogP contribution >= 0.6 is 0 Å². The Morgan fingerprint density at radius 2 is 1.83 bits per heavy atom. The standard InChI is InChI=1S/C19H22N4/c1-14-8-7-11-17(15(14)2)12-23(3)18(19-20-13-21-22-19)16-9-5-4-6-10-16/h4-11,13,18H,12H2,1-3H3,(H,20,21,22). The molecule has 0 radical (unpaired) electrons. The summed E-state index contributed by atoms with van der Waals surface area (Å²) in [5.41, 5.74) is 5.22. The van der Waals surface area contributed by atoms with Gasteiger partial charge in [0.25, 0.3) is 0 Å². The average molecular weight is 306 g/mol. The van der Waals surface area contributed by atoms with Crippen LogP contribution in [0.1, 0.15) is 34.1 Å². The van der Waals surface area contributed by atoms with E-state index in [1.165, 1.54) is 22.3 Å². The summed E-state index contributed by atoms with van der Waals surface area (Å²) < 4.78 is 0. The highest BCUT2D eigenvalue weighted by Gasteiger charge is 2.22. The molecule has 0 saturated heterocycles. The fourth-order valence-electron chi connectivity index (χ4n) is 2.95. The van der Waals surface area contributed by atoms with Crippen LogP contribution in [0.2, 0.25) is 0 Å². The highest BCUT2D eigenvalue weighted by molar-refractivity contribution is 5.33. The number of hydrogen-bond acceptors (Lipinski definition) is 3. The van der Waals surface area contributed by atoms with Crippen LogP contribution in [0, 0.1) is 13.8 Å². The van der Waals surface area contributed by atoms with Crippen molar-refractivity contribution in [2.45, 2.75) is 26.4 Å². The third kappa shape index (κ3) is 3.32. The van der Waals surface area contributed by atoms with Crippen molar-refractivity contribution >= 4 is 0 Å². The van der Waals surface area contributed by atoms with E-state index in [-0.39, 0.29) is 6.04 Å². The van der Waals surface area contributed by atoms with E-state index in [0.29, 0.717) is 0 Å². The van der Waals surface area contributed by atoms with Crippen molar-refractivity contribution in [1.82, 2.24) is 20.1 Å². The molecule has 23 heavy (non-hydrogen) atoms. The SMILES string of the molecule is Cc1cccc(CN(C)C(c2ccccc2)c2ncn[nH]2)c1C. The molecule has 2 aromatic carbocycles. The number of hydrogen-bond donors (Lipinski definition) is 1. The van der Waals surface area contributed by atoms with Gasteiger partial charge >= 0.3 is 0 Å². The number of benzene rings is 2. The Hall–Kier alpha value is -2.46. The Labute approximate surface area is 137 Å². The smallest absolute Gasteiger partial charge is 0.146 e. The summed E-state index contributed by atoms with van der Waals surface area (Å²) >= 11 is 0. The molecule has 1 N–H and O–H groups in total. The molecule has 118 valence electrons. The number of aryl methyl sites for hydroxylation is 1. The van der Waals surface area contributed by atoms with Crippen molar-refractivity contribution in [3.05, 3.63) is 82.9 Å². The summed E-state index contributed by atoms with van der Waals surface area (Å²) in [5, 5.41) is 7.05. The van der Waals surface area contributed by atoms with Gasteiger partial charge in [-0.1, -0.05) is 48.5 Å². The minimum Gasteiger partial charge on any atom is -0.289 e. The van der Waals surface area contributed by atoms with E-state index in [1.54, 1.807) is 6.33 Å². The van der Waals surface area contributed by atoms with Crippen LogP contribution in [0.4, 0.5) is 0 Å². The van der Waals surface area contributed by atoms with E-state index in [4.69, 9.17) is 0 Å². The van der Waals surface area contributed by atoms with Crippen LogP contribution in [0.25, 0.3) is 0 Å². The molecule has 4 nitrogen and oxygen atoms in total. The van der Waals surface area contributed by atoms with E-state index in [1.807, 2.05) is 6.07 Å². The molecular formula is C19H22N4. The van der Waals surface area contributed by atoms with Gasteiger partial charge in [0, 0.05) is 6.54 Å². The topological polar surface area (TPSA) is 44.8 Å². The Morgan fingerprint density at radius 1 is 1.04 bits per heavy atom. The summed E-state index contributed by atoms with van der Waals surface area (Å²) in [7, 11) is 2.13. The summed E-state index contributed by atoms with van der Waals surface area (Å²) in [4.78, 5) is 6.69. The van der Waals surface area contributed by atoms with Gasteiger partial charge < -0.3 is 0 Å².